The third kappa shape index (κ3) is 1.81. The van der Waals surface area contributed by atoms with E-state index in [1.165, 1.54) is 0 Å². The van der Waals surface area contributed by atoms with E-state index in [0.29, 0.717) is 6.54 Å². The molecule has 1 saturated heterocycles. The molecular weight excluding hydrogens is 150 g/mol. The second-order valence-corrected chi connectivity index (χ2v) is 2.45. The molecule has 0 bridgehead atoms. The van der Waals surface area contributed by atoms with E-state index in [0.717, 1.165) is 0 Å². The van der Waals surface area contributed by atoms with E-state index in [1.54, 1.807) is 0 Å². The smallest absolute Gasteiger partial charge is 0.407 e. The van der Waals surface area contributed by atoms with Crippen LogP contribution in [0.3, 0.4) is 0 Å². The molecule has 1 aliphatic rings. The fourth-order valence-corrected chi connectivity index (χ4v) is 0.961. The van der Waals surface area contributed by atoms with E-state index < -0.39 is 12.2 Å². The number of aliphatic hydroxyl groups excluding tert-OH is 2. The van der Waals surface area contributed by atoms with Crippen LogP contribution in [0.15, 0.2) is 0 Å². The molecule has 1 aliphatic heterocycles. The number of cyclic esters (lactones) is 1. The number of ether oxygens (including phenoxy) is 1. The Balaban J connectivity index is 2.40. The van der Waals surface area contributed by atoms with Gasteiger partial charge in [0.2, 0.25) is 0 Å². The number of hydrogen-bond donors (Lipinski definition) is 3. The summed E-state index contributed by atoms with van der Waals surface area (Å²) in [5.74, 6) is -0.367. The first kappa shape index (κ1) is 8.29. The van der Waals surface area contributed by atoms with Crippen molar-refractivity contribution in [1.82, 2.24) is 5.32 Å². The molecule has 1 heterocycles. The summed E-state index contributed by atoms with van der Waals surface area (Å²) in [6, 6.07) is 0. The van der Waals surface area contributed by atoms with Crippen LogP contribution >= 0.6 is 0 Å². The Hall–Kier alpha value is -0.810. The average molecular weight is 161 g/mol. The van der Waals surface area contributed by atoms with E-state index >= 15 is 0 Å². The van der Waals surface area contributed by atoms with Crippen molar-refractivity contribution >= 4 is 6.09 Å². The standard InChI is InChI=1S/C6H11NO4/c8-2-4(3-9)5-1-7-6(10)11-5/h4-5,8-9H,1-3H2,(H,7,10). The molecule has 0 aromatic rings. The van der Waals surface area contributed by atoms with Crippen LogP contribution in [-0.2, 0) is 4.74 Å². The molecular formula is C6H11NO4. The molecule has 0 aromatic carbocycles. The second kappa shape index (κ2) is 3.54. The molecule has 64 valence electrons. The highest BCUT2D eigenvalue weighted by Crippen LogP contribution is 2.10. The number of aliphatic hydroxyl groups is 2. The lowest BCUT2D eigenvalue weighted by atomic mass is 10.1. The van der Waals surface area contributed by atoms with Crippen LogP contribution < -0.4 is 5.32 Å². The number of rotatable bonds is 3. The summed E-state index contributed by atoms with van der Waals surface area (Å²) in [7, 11) is 0. The molecule has 1 atom stereocenters. The number of carbonyl (C=O) groups is 1. The van der Waals surface area contributed by atoms with Crippen molar-refractivity contribution in [3.05, 3.63) is 0 Å². The van der Waals surface area contributed by atoms with Gasteiger partial charge < -0.3 is 20.3 Å². The Kier molecular flexibility index (Phi) is 2.67. The summed E-state index contributed by atoms with van der Waals surface area (Å²) in [5, 5.41) is 19.8. The van der Waals surface area contributed by atoms with E-state index in [4.69, 9.17) is 14.9 Å². The van der Waals surface area contributed by atoms with Gasteiger partial charge in [-0.25, -0.2) is 4.79 Å². The molecule has 1 amide bonds. The summed E-state index contributed by atoms with van der Waals surface area (Å²) >= 11 is 0. The van der Waals surface area contributed by atoms with Gasteiger partial charge in [-0.2, -0.15) is 0 Å². The van der Waals surface area contributed by atoms with Gasteiger partial charge in [0, 0.05) is 5.92 Å². The Morgan fingerprint density at radius 2 is 2.27 bits per heavy atom. The number of amides is 1. The zero-order valence-electron chi connectivity index (χ0n) is 5.99. The number of carbonyl (C=O) groups excluding carboxylic acids is 1. The minimum atomic E-state index is -0.484. The Morgan fingerprint density at radius 3 is 2.64 bits per heavy atom. The van der Waals surface area contributed by atoms with E-state index in [1.807, 2.05) is 0 Å². The maximum Gasteiger partial charge on any atom is 0.407 e. The first-order valence-electron chi connectivity index (χ1n) is 3.44. The summed E-state index contributed by atoms with van der Waals surface area (Å²) in [6.07, 6.45) is -0.876. The topological polar surface area (TPSA) is 78.8 Å². The molecule has 1 unspecified atom stereocenters. The van der Waals surface area contributed by atoms with Crippen LogP contribution in [0, 0.1) is 5.92 Å². The van der Waals surface area contributed by atoms with Crippen LogP contribution in [0.25, 0.3) is 0 Å². The van der Waals surface area contributed by atoms with Gasteiger partial charge in [0.1, 0.15) is 6.10 Å². The molecule has 1 fully saturated rings. The lowest BCUT2D eigenvalue weighted by Gasteiger charge is -2.15. The summed E-state index contributed by atoms with van der Waals surface area (Å²) < 4.78 is 4.74. The van der Waals surface area contributed by atoms with Gasteiger partial charge in [-0.1, -0.05) is 0 Å². The third-order valence-corrected chi connectivity index (χ3v) is 1.70. The molecule has 5 nitrogen and oxygen atoms in total. The molecule has 0 saturated carbocycles. The van der Waals surface area contributed by atoms with Crippen LogP contribution in [0.5, 0.6) is 0 Å². The highest BCUT2D eigenvalue weighted by molar-refractivity contribution is 5.69. The molecule has 0 spiro atoms. The molecule has 0 aliphatic carbocycles. The van der Waals surface area contributed by atoms with Gasteiger partial charge in [-0.05, 0) is 0 Å². The summed E-state index contributed by atoms with van der Waals surface area (Å²) in [6.45, 7) is 0.0247. The predicted octanol–water partition coefficient (Wildman–Crippen LogP) is -1.30. The Bertz CT molecular complexity index is 146. The van der Waals surface area contributed by atoms with Crippen molar-refractivity contribution in [1.29, 1.82) is 0 Å². The van der Waals surface area contributed by atoms with Gasteiger partial charge in [-0.3, -0.25) is 0 Å². The largest absolute Gasteiger partial charge is 0.444 e. The monoisotopic (exact) mass is 161 g/mol. The number of hydrogen-bond acceptors (Lipinski definition) is 4. The van der Waals surface area contributed by atoms with Gasteiger partial charge in [0.25, 0.3) is 0 Å². The number of alkyl carbamates (subject to hydrolysis) is 1. The first-order valence-corrected chi connectivity index (χ1v) is 3.44. The number of nitrogens with one attached hydrogen (secondary N) is 1. The Labute approximate surface area is 64.0 Å². The molecule has 11 heavy (non-hydrogen) atoms. The molecule has 0 aromatic heterocycles. The SMILES string of the molecule is O=C1NCC(C(CO)CO)O1. The maximum absolute atomic E-state index is 10.5. The third-order valence-electron chi connectivity index (χ3n) is 1.70. The van der Waals surface area contributed by atoms with Crippen LogP contribution in [0.1, 0.15) is 0 Å². The van der Waals surface area contributed by atoms with Crippen LogP contribution in [0.4, 0.5) is 4.79 Å². The van der Waals surface area contributed by atoms with Crippen LogP contribution in [0.2, 0.25) is 0 Å². The minimum Gasteiger partial charge on any atom is -0.444 e. The maximum atomic E-state index is 10.5. The summed E-state index contributed by atoms with van der Waals surface area (Å²) in [5.41, 5.74) is 0. The molecule has 0 radical (unpaired) electrons. The van der Waals surface area contributed by atoms with Crippen molar-refractivity contribution < 1.29 is 19.7 Å². The van der Waals surface area contributed by atoms with Crippen LogP contribution in [-0.4, -0.2) is 42.2 Å². The van der Waals surface area contributed by atoms with E-state index in [2.05, 4.69) is 5.32 Å². The van der Waals surface area contributed by atoms with E-state index in [9.17, 15) is 4.79 Å². The first-order chi connectivity index (χ1) is 5.27. The minimum absolute atomic E-state index is 0.171. The Morgan fingerprint density at radius 1 is 1.64 bits per heavy atom. The van der Waals surface area contributed by atoms with E-state index in [-0.39, 0.29) is 19.1 Å². The molecule has 3 N–H and O–H groups in total. The van der Waals surface area contributed by atoms with Gasteiger partial charge in [0.05, 0.1) is 19.8 Å². The zero-order valence-corrected chi connectivity index (χ0v) is 5.99. The predicted molar refractivity (Wildman–Crippen MR) is 35.9 cm³/mol. The fourth-order valence-electron chi connectivity index (χ4n) is 0.961. The van der Waals surface area contributed by atoms with Gasteiger partial charge in [0.15, 0.2) is 0 Å². The lowest BCUT2D eigenvalue weighted by Crippen LogP contribution is -2.30. The lowest BCUT2D eigenvalue weighted by molar-refractivity contribution is 0.0432. The fraction of sp³-hybridized carbons (Fsp3) is 0.833. The zero-order chi connectivity index (χ0) is 8.27. The highest BCUT2D eigenvalue weighted by atomic mass is 16.6. The van der Waals surface area contributed by atoms with Gasteiger partial charge >= 0.3 is 6.09 Å². The van der Waals surface area contributed by atoms with Crippen molar-refractivity contribution in [2.24, 2.45) is 5.92 Å². The molecule has 1 rings (SSSR count). The second-order valence-electron chi connectivity index (χ2n) is 2.45. The highest BCUT2D eigenvalue weighted by Gasteiger charge is 2.29. The van der Waals surface area contributed by atoms with Crippen molar-refractivity contribution in [2.75, 3.05) is 19.8 Å². The normalized spacial score (nSPS) is 23.5. The van der Waals surface area contributed by atoms with Crippen molar-refractivity contribution in [3.63, 3.8) is 0 Å². The summed E-state index contributed by atoms with van der Waals surface area (Å²) in [4.78, 5) is 10.5. The average Bonchev–Trinajstić information content (AvgIpc) is 2.39. The van der Waals surface area contributed by atoms with Crippen molar-refractivity contribution in [2.45, 2.75) is 6.10 Å². The van der Waals surface area contributed by atoms with Gasteiger partial charge in [-0.15, -0.1) is 0 Å². The molecule has 5 heteroatoms. The van der Waals surface area contributed by atoms with Crippen molar-refractivity contribution in [3.8, 4) is 0 Å². The quantitative estimate of drug-likeness (QED) is 0.480.